The fourth-order valence-corrected chi connectivity index (χ4v) is 5.73. The quantitative estimate of drug-likeness (QED) is 0.288. The highest BCUT2D eigenvalue weighted by atomic mass is 32.1. The van der Waals surface area contributed by atoms with Crippen molar-refractivity contribution in [1.82, 2.24) is 5.32 Å². The zero-order valence-electron chi connectivity index (χ0n) is 18.8. The maximum atomic E-state index is 13.6. The van der Waals surface area contributed by atoms with Crippen molar-refractivity contribution in [3.63, 3.8) is 0 Å². The first kappa shape index (κ1) is 22.4. The van der Waals surface area contributed by atoms with Crippen molar-refractivity contribution in [2.24, 2.45) is 5.92 Å². The van der Waals surface area contributed by atoms with Gasteiger partial charge in [0.05, 0.1) is 6.61 Å². The van der Waals surface area contributed by atoms with Gasteiger partial charge < -0.3 is 20.3 Å². The summed E-state index contributed by atoms with van der Waals surface area (Å²) < 4.78 is 6.78. The molecule has 0 amide bonds. The number of carbonyl (C=O) groups excluding carboxylic acids is 1. The first-order valence-electron chi connectivity index (χ1n) is 11.6. The van der Waals surface area contributed by atoms with Crippen LogP contribution in [0.3, 0.4) is 0 Å². The Morgan fingerprint density at radius 3 is 2.38 bits per heavy atom. The van der Waals surface area contributed by atoms with E-state index in [1.165, 1.54) is 24.2 Å². The van der Waals surface area contributed by atoms with Crippen LogP contribution in [0.15, 0.2) is 66.7 Å². The van der Waals surface area contributed by atoms with E-state index in [1.54, 1.807) is 42.5 Å². The van der Waals surface area contributed by atoms with E-state index in [9.17, 15) is 15.0 Å². The molecular formula is C28H27NO4S. The average molecular weight is 474 g/mol. The molecule has 2 heterocycles. The lowest BCUT2D eigenvalue weighted by molar-refractivity contribution is 0.104. The molecule has 5 nitrogen and oxygen atoms in total. The Balaban J connectivity index is 1.39. The van der Waals surface area contributed by atoms with E-state index in [1.807, 2.05) is 24.3 Å². The van der Waals surface area contributed by atoms with Crippen LogP contribution in [0.5, 0.6) is 17.2 Å². The number of nitrogens with one attached hydrogen (secondary N) is 1. The number of phenols is 2. The summed E-state index contributed by atoms with van der Waals surface area (Å²) in [6, 6.07) is 19.2. The topological polar surface area (TPSA) is 78.8 Å². The molecule has 0 aliphatic carbocycles. The van der Waals surface area contributed by atoms with Crippen molar-refractivity contribution in [3.05, 3.63) is 77.9 Å². The van der Waals surface area contributed by atoms with Gasteiger partial charge in [0.2, 0.25) is 0 Å². The Morgan fingerprint density at radius 2 is 1.65 bits per heavy atom. The number of ether oxygens (including phenoxy) is 1. The Labute approximate surface area is 202 Å². The number of hydrogen-bond acceptors (Lipinski definition) is 6. The number of ketones is 1. The molecule has 3 N–H and O–H groups in total. The molecule has 0 saturated carbocycles. The number of benzene rings is 3. The minimum atomic E-state index is -0.0822. The van der Waals surface area contributed by atoms with E-state index in [-0.39, 0.29) is 17.3 Å². The summed E-state index contributed by atoms with van der Waals surface area (Å²) in [5.74, 6) is 1.74. The van der Waals surface area contributed by atoms with E-state index in [4.69, 9.17) is 4.74 Å². The molecule has 6 heteroatoms. The minimum absolute atomic E-state index is 0.0822. The zero-order chi connectivity index (χ0) is 23.5. The highest BCUT2D eigenvalue weighted by Crippen LogP contribution is 2.41. The molecule has 3 aromatic carbocycles. The number of piperidine rings is 1. The van der Waals surface area contributed by atoms with Crippen molar-refractivity contribution in [2.45, 2.75) is 19.3 Å². The molecule has 4 aromatic rings. The van der Waals surface area contributed by atoms with Gasteiger partial charge in [-0.05, 0) is 111 Å². The summed E-state index contributed by atoms with van der Waals surface area (Å²) in [6.07, 6.45) is 3.45. The van der Waals surface area contributed by atoms with Crippen molar-refractivity contribution in [1.29, 1.82) is 0 Å². The predicted octanol–water partition coefficient (Wildman–Crippen LogP) is 5.98. The largest absolute Gasteiger partial charge is 0.508 e. The Hall–Kier alpha value is -3.35. The van der Waals surface area contributed by atoms with Crippen LogP contribution < -0.4 is 10.1 Å². The second-order valence-electron chi connectivity index (χ2n) is 8.72. The van der Waals surface area contributed by atoms with Gasteiger partial charge in [0.25, 0.3) is 0 Å². The molecule has 1 aliphatic heterocycles. The van der Waals surface area contributed by atoms with Crippen molar-refractivity contribution in [3.8, 4) is 27.7 Å². The van der Waals surface area contributed by atoms with Gasteiger partial charge in [-0.1, -0.05) is 0 Å². The van der Waals surface area contributed by atoms with Crippen LogP contribution in [0.2, 0.25) is 0 Å². The first-order valence-corrected chi connectivity index (χ1v) is 12.4. The normalized spacial score (nSPS) is 14.4. The molecule has 0 unspecified atom stereocenters. The number of carbonyl (C=O) groups is 1. The fourth-order valence-electron chi connectivity index (χ4n) is 4.49. The Morgan fingerprint density at radius 1 is 0.941 bits per heavy atom. The summed E-state index contributed by atoms with van der Waals surface area (Å²) in [6.45, 7) is 2.86. The van der Waals surface area contributed by atoms with Crippen molar-refractivity contribution in [2.75, 3.05) is 19.7 Å². The maximum Gasteiger partial charge on any atom is 0.195 e. The van der Waals surface area contributed by atoms with E-state index in [0.717, 1.165) is 45.8 Å². The van der Waals surface area contributed by atoms with Gasteiger partial charge in [-0.25, -0.2) is 0 Å². The summed E-state index contributed by atoms with van der Waals surface area (Å²) in [5, 5.41) is 23.8. The van der Waals surface area contributed by atoms with Crippen molar-refractivity contribution < 1.29 is 19.7 Å². The monoisotopic (exact) mass is 473 g/mol. The molecule has 1 saturated heterocycles. The standard InChI is InChI=1S/C28H27NO4S/c30-21-5-1-20(2-6-21)28-26(24-10-7-22(31)17-25(24)34-28)27(32)19-3-8-23(9-4-19)33-16-13-18-11-14-29-15-12-18/h1-10,17-18,29-31H,11-16H2. The molecule has 5 rings (SSSR count). The Kier molecular flexibility index (Phi) is 6.52. The molecule has 174 valence electrons. The predicted molar refractivity (Wildman–Crippen MR) is 136 cm³/mol. The molecule has 34 heavy (non-hydrogen) atoms. The highest BCUT2D eigenvalue weighted by Gasteiger charge is 2.22. The van der Waals surface area contributed by atoms with Crippen LogP contribution in [0.4, 0.5) is 0 Å². The van der Waals surface area contributed by atoms with Crippen LogP contribution in [0, 0.1) is 5.92 Å². The third-order valence-corrected chi connectivity index (χ3v) is 7.60. The lowest BCUT2D eigenvalue weighted by Gasteiger charge is -2.22. The SMILES string of the molecule is O=C(c1ccc(OCCC2CCNCC2)cc1)c1c(-c2ccc(O)cc2)sc2cc(O)ccc12. The average Bonchev–Trinajstić information content (AvgIpc) is 3.23. The number of rotatable bonds is 7. The van der Waals surface area contributed by atoms with Crippen LogP contribution in [0.1, 0.15) is 35.2 Å². The molecular weight excluding hydrogens is 446 g/mol. The van der Waals surface area contributed by atoms with E-state index in [2.05, 4.69) is 5.32 Å². The van der Waals surface area contributed by atoms with E-state index < -0.39 is 0 Å². The van der Waals surface area contributed by atoms with Gasteiger partial charge in [0.1, 0.15) is 17.2 Å². The highest BCUT2D eigenvalue weighted by molar-refractivity contribution is 7.22. The van der Waals surface area contributed by atoms with E-state index in [0.29, 0.717) is 23.7 Å². The fraction of sp³-hybridized carbons (Fsp3) is 0.250. The van der Waals surface area contributed by atoms with Gasteiger partial charge in [0, 0.05) is 26.1 Å². The zero-order valence-corrected chi connectivity index (χ0v) is 19.6. The second kappa shape index (κ2) is 9.87. The third-order valence-electron chi connectivity index (χ3n) is 6.40. The van der Waals surface area contributed by atoms with Crippen LogP contribution in [0.25, 0.3) is 20.5 Å². The number of hydrogen-bond donors (Lipinski definition) is 3. The van der Waals surface area contributed by atoms with Gasteiger partial charge in [-0.2, -0.15) is 0 Å². The van der Waals surface area contributed by atoms with E-state index >= 15 is 0 Å². The van der Waals surface area contributed by atoms with Crippen LogP contribution in [-0.4, -0.2) is 35.7 Å². The lowest BCUT2D eigenvalue weighted by atomic mass is 9.95. The molecule has 0 radical (unpaired) electrons. The molecule has 0 spiro atoms. The second-order valence-corrected chi connectivity index (χ2v) is 9.77. The lowest BCUT2D eigenvalue weighted by Crippen LogP contribution is -2.28. The molecule has 1 fully saturated rings. The number of fused-ring (bicyclic) bond motifs is 1. The number of phenolic OH excluding ortho intramolecular Hbond substituents is 2. The van der Waals surface area contributed by atoms with Gasteiger partial charge in [0.15, 0.2) is 5.78 Å². The summed E-state index contributed by atoms with van der Waals surface area (Å²) in [5.41, 5.74) is 2.03. The van der Waals surface area contributed by atoms with Gasteiger partial charge in [-0.15, -0.1) is 11.3 Å². The minimum Gasteiger partial charge on any atom is -0.508 e. The smallest absolute Gasteiger partial charge is 0.195 e. The molecule has 1 aliphatic rings. The number of aromatic hydroxyl groups is 2. The molecule has 1 aromatic heterocycles. The van der Waals surface area contributed by atoms with Gasteiger partial charge in [-0.3, -0.25) is 4.79 Å². The first-order chi connectivity index (χ1) is 16.6. The Bertz CT molecular complexity index is 1290. The maximum absolute atomic E-state index is 13.6. The number of thiophene rings is 1. The summed E-state index contributed by atoms with van der Waals surface area (Å²) in [4.78, 5) is 14.5. The van der Waals surface area contributed by atoms with Crippen LogP contribution in [-0.2, 0) is 0 Å². The summed E-state index contributed by atoms with van der Waals surface area (Å²) in [7, 11) is 0. The molecule has 0 atom stereocenters. The summed E-state index contributed by atoms with van der Waals surface area (Å²) >= 11 is 1.46. The third kappa shape index (κ3) is 4.79. The van der Waals surface area contributed by atoms with Crippen LogP contribution >= 0.6 is 11.3 Å². The van der Waals surface area contributed by atoms with Gasteiger partial charge >= 0.3 is 0 Å². The molecule has 0 bridgehead atoms. The van der Waals surface area contributed by atoms with Crippen molar-refractivity contribution >= 4 is 27.2 Å².